The Morgan fingerprint density at radius 2 is 2.14 bits per heavy atom. The second-order valence-electron chi connectivity index (χ2n) is 4.80. The van der Waals surface area contributed by atoms with Gasteiger partial charge in [0.1, 0.15) is 5.82 Å². The van der Waals surface area contributed by atoms with Gasteiger partial charge in [-0.05, 0) is 37.3 Å². The van der Waals surface area contributed by atoms with E-state index < -0.39 is 0 Å². The molecule has 3 rings (SSSR count). The predicted octanol–water partition coefficient (Wildman–Crippen LogP) is 3.86. The van der Waals surface area contributed by atoms with Crippen LogP contribution >= 0.6 is 11.6 Å². The van der Waals surface area contributed by atoms with E-state index in [1.807, 2.05) is 55.2 Å². The van der Waals surface area contributed by atoms with Crippen LogP contribution in [0.25, 0.3) is 22.8 Å². The fourth-order valence-corrected chi connectivity index (χ4v) is 2.74. The minimum atomic E-state index is 0.714. The largest absolute Gasteiger partial charge is 0.301 e. The van der Waals surface area contributed by atoms with E-state index in [0.29, 0.717) is 5.02 Å². The van der Waals surface area contributed by atoms with Crippen LogP contribution in [-0.4, -0.2) is 14.3 Å². The van der Waals surface area contributed by atoms with Crippen molar-refractivity contribution in [3.63, 3.8) is 0 Å². The molecule has 0 N–H and O–H groups in total. The van der Waals surface area contributed by atoms with Crippen molar-refractivity contribution in [2.75, 3.05) is 0 Å². The molecule has 0 unspecified atom stereocenters. The van der Waals surface area contributed by atoms with Crippen LogP contribution in [0.3, 0.4) is 0 Å². The second kappa shape index (κ2) is 5.12. The van der Waals surface area contributed by atoms with Crippen LogP contribution < -0.4 is 0 Å². The summed E-state index contributed by atoms with van der Waals surface area (Å²) in [5.74, 6) is 0.927. The van der Waals surface area contributed by atoms with E-state index in [-0.39, 0.29) is 0 Å². The minimum Gasteiger partial charge on any atom is -0.301 e. The maximum atomic E-state index is 8.76. The fourth-order valence-electron chi connectivity index (χ4n) is 2.56. The second-order valence-corrected chi connectivity index (χ2v) is 5.23. The summed E-state index contributed by atoms with van der Waals surface area (Å²) >= 11 is 6.04. The Kier molecular flexibility index (Phi) is 3.28. The van der Waals surface area contributed by atoms with Crippen LogP contribution in [0.15, 0.2) is 36.5 Å². The third kappa shape index (κ3) is 2.22. The van der Waals surface area contributed by atoms with Crippen molar-refractivity contribution in [3.05, 3.63) is 52.8 Å². The third-order valence-corrected chi connectivity index (χ3v) is 3.68. The standard InChI is InChI=1S/C16H13ClN4/c1-11-14(4-3-8-18)16(20(2)19-11)21-9-7-12-10-13(17)5-6-15(12)21/h3-7,9-10H,1-2H3. The van der Waals surface area contributed by atoms with Crippen molar-refractivity contribution >= 4 is 28.6 Å². The molecule has 0 fully saturated rings. The zero-order chi connectivity index (χ0) is 15.0. The molecule has 3 aromatic rings. The Bertz CT molecular complexity index is 893. The molecule has 2 aromatic heterocycles. The zero-order valence-electron chi connectivity index (χ0n) is 11.7. The van der Waals surface area contributed by atoms with Gasteiger partial charge in [-0.3, -0.25) is 4.68 Å². The van der Waals surface area contributed by atoms with Crippen molar-refractivity contribution in [1.82, 2.24) is 14.3 Å². The highest BCUT2D eigenvalue weighted by Crippen LogP contribution is 2.27. The molecule has 0 saturated carbocycles. The van der Waals surface area contributed by atoms with Gasteiger partial charge in [-0.1, -0.05) is 11.6 Å². The summed E-state index contributed by atoms with van der Waals surface area (Å²) in [4.78, 5) is 0. The van der Waals surface area contributed by atoms with Gasteiger partial charge < -0.3 is 4.57 Å². The van der Waals surface area contributed by atoms with Gasteiger partial charge >= 0.3 is 0 Å². The molecule has 0 amide bonds. The predicted molar refractivity (Wildman–Crippen MR) is 84.4 cm³/mol. The number of aryl methyl sites for hydroxylation is 2. The number of hydrogen-bond donors (Lipinski definition) is 0. The van der Waals surface area contributed by atoms with Crippen LogP contribution in [0.5, 0.6) is 0 Å². The Hall–Kier alpha value is -2.51. The molecular formula is C16H13ClN4. The number of allylic oxidation sites excluding steroid dienone is 1. The molecule has 21 heavy (non-hydrogen) atoms. The molecule has 0 bridgehead atoms. The number of nitrogens with zero attached hydrogens (tertiary/aromatic N) is 4. The Labute approximate surface area is 127 Å². The van der Waals surface area contributed by atoms with Crippen LogP contribution in [-0.2, 0) is 7.05 Å². The topological polar surface area (TPSA) is 46.5 Å². The minimum absolute atomic E-state index is 0.714. The summed E-state index contributed by atoms with van der Waals surface area (Å²) in [6, 6.07) is 9.83. The van der Waals surface area contributed by atoms with E-state index in [4.69, 9.17) is 16.9 Å². The monoisotopic (exact) mass is 296 g/mol. The van der Waals surface area contributed by atoms with Crippen molar-refractivity contribution in [1.29, 1.82) is 5.26 Å². The Morgan fingerprint density at radius 3 is 2.90 bits per heavy atom. The van der Waals surface area contributed by atoms with Crippen LogP contribution in [0, 0.1) is 18.3 Å². The van der Waals surface area contributed by atoms with Crippen LogP contribution in [0.2, 0.25) is 5.02 Å². The average Bonchev–Trinajstić information content (AvgIpc) is 2.96. The number of fused-ring (bicyclic) bond motifs is 1. The number of hydrogen-bond acceptors (Lipinski definition) is 2. The molecule has 2 heterocycles. The van der Waals surface area contributed by atoms with Gasteiger partial charge in [0.25, 0.3) is 0 Å². The Morgan fingerprint density at radius 1 is 1.33 bits per heavy atom. The van der Waals surface area contributed by atoms with Gasteiger partial charge in [0, 0.05) is 35.3 Å². The number of benzene rings is 1. The molecule has 0 aliphatic heterocycles. The molecule has 1 aromatic carbocycles. The van der Waals surface area contributed by atoms with Crippen molar-refractivity contribution in [2.45, 2.75) is 6.92 Å². The fraction of sp³-hybridized carbons (Fsp3) is 0.125. The molecule has 0 radical (unpaired) electrons. The van der Waals surface area contributed by atoms with E-state index in [2.05, 4.69) is 9.67 Å². The lowest BCUT2D eigenvalue weighted by molar-refractivity contribution is 0.728. The normalized spacial score (nSPS) is 11.3. The molecule has 5 heteroatoms. The van der Waals surface area contributed by atoms with Crippen LogP contribution in [0.1, 0.15) is 11.3 Å². The lowest BCUT2D eigenvalue weighted by Crippen LogP contribution is -2.02. The first-order valence-electron chi connectivity index (χ1n) is 6.48. The Balaban J connectivity index is 2.28. The number of rotatable bonds is 2. The summed E-state index contributed by atoms with van der Waals surface area (Å²) in [7, 11) is 1.90. The van der Waals surface area contributed by atoms with Gasteiger partial charge in [0.2, 0.25) is 0 Å². The summed E-state index contributed by atoms with van der Waals surface area (Å²) in [6.45, 7) is 1.93. The average molecular weight is 297 g/mol. The molecule has 0 spiro atoms. The van der Waals surface area contributed by atoms with Gasteiger partial charge in [-0.15, -0.1) is 0 Å². The van der Waals surface area contributed by atoms with E-state index in [1.165, 1.54) is 6.08 Å². The van der Waals surface area contributed by atoms with Crippen molar-refractivity contribution in [3.8, 4) is 11.9 Å². The molecule has 0 aliphatic carbocycles. The van der Waals surface area contributed by atoms with Crippen LogP contribution in [0.4, 0.5) is 0 Å². The van der Waals surface area contributed by atoms with E-state index in [9.17, 15) is 0 Å². The highest BCUT2D eigenvalue weighted by molar-refractivity contribution is 6.31. The van der Waals surface area contributed by atoms with Crippen molar-refractivity contribution in [2.24, 2.45) is 7.05 Å². The molecule has 0 saturated heterocycles. The molecular weight excluding hydrogens is 284 g/mol. The van der Waals surface area contributed by atoms with E-state index in [0.717, 1.165) is 28.0 Å². The van der Waals surface area contributed by atoms with Gasteiger partial charge in [0.05, 0.1) is 17.3 Å². The maximum absolute atomic E-state index is 8.76. The first-order chi connectivity index (χ1) is 10.1. The third-order valence-electron chi connectivity index (χ3n) is 3.44. The summed E-state index contributed by atoms with van der Waals surface area (Å²) in [5, 5.41) is 15.0. The first-order valence-corrected chi connectivity index (χ1v) is 6.86. The zero-order valence-corrected chi connectivity index (χ0v) is 12.5. The number of halogens is 1. The van der Waals surface area contributed by atoms with Gasteiger partial charge in [-0.25, -0.2) is 0 Å². The van der Waals surface area contributed by atoms with E-state index >= 15 is 0 Å². The smallest absolute Gasteiger partial charge is 0.142 e. The lowest BCUT2D eigenvalue weighted by Gasteiger charge is -2.07. The maximum Gasteiger partial charge on any atom is 0.142 e. The molecule has 104 valence electrons. The van der Waals surface area contributed by atoms with E-state index in [1.54, 1.807) is 6.08 Å². The number of nitriles is 1. The SMILES string of the molecule is Cc1nn(C)c(-n2ccc3cc(Cl)ccc32)c1C=CC#N. The first kappa shape index (κ1) is 13.5. The summed E-state index contributed by atoms with van der Waals surface area (Å²) in [5.41, 5.74) is 2.87. The highest BCUT2D eigenvalue weighted by Gasteiger charge is 2.14. The quantitative estimate of drug-likeness (QED) is 0.674. The van der Waals surface area contributed by atoms with Gasteiger partial charge in [0.15, 0.2) is 0 Å². The summed E-state index contributed by atoms with van der Waals surface area (Å²) in [6.07, 6.45) is 5.25. The molecule has 4 nitrogen and oxygen atoms in total. The molecule has 0 atom stereocenters. The van der Waals surface area contributed by atoms with Crippen molar-refractivity contribution < 1.29 is 0 Å². The summed E-state index contributed by atoms with van der Waals surface area (Å²) < 4.78 is 3.88. The highest BCUT2D eigenvalue weighted by atomic mass is 35.5. The number of aromatic nitrogens is 3. The van der Waals surface area contributed by atoms with Gasteiger partial charge in [-0.2, -0.15) is 10.4 Å². The molecule has 0 aliphatic rings. The lowest BCUT2D eigenvalue weighted by atomic mass is 10.2.